The van der Waals surface area contributed by atoms with E-state index in [4.69, 9.17) is 16.3 Å². The second-order valence-corrected chi connectivity index (χ2v) is 8.98. The Balaban J connectivity index is 1.91. The zero-order valence-electron chi connectivity index (χ0n) is 15.2. The quantitative estimate of drug-likeness (QED) is 0.689. The molecule has 150 valence electrons. The average molecular weight is 427 g/mol. The Morgan fingerprint density at radius 2 is 1.93 bits per heavy atom. The largest absolute Gasteiger partial charge is 0.383 e. The van der Waals surface area contributed by atoms with Gasteiger partial charge in [0.15, 0.2) is 9.84 Å². The first-order chi connectivity index (χ1) is 13.2. The van der Waals surface area contributed by atoms with Crippen LogP contribution in [0.15, 0.2) is 24.3 Å². The summed E-state index contributed by atoms with van der Waals surface area (Å²) in [5.41, 5.74) is 1.29. The predicted molar refractivity (Wildman–Crippen MR) is 103 cm³/mol. The maximum Gasteiger partial charge on any atom is 0.314 e. The Bertz CT molecular complexity index is 1020. The van der Waals surface area contributed by atoms with Crippen LogP contribution in [0.3, 0.4) is 0 Å². The number of fused-ring (bicyclic) bond motifs is 1. The van der Waals surface area contributed by atoms with Gasteiger partial charge in [-0.2, -0.15) is 5.10 Å². The van der Waals surface area contributed by atoms with E-state index in [0.717, 1.165) is 0 Å². The number of carbonyl (C=O) groups is 2. The number of sulfone groups is 1. The molecule has 0 spiro atoms. The number of benzene rings is 1. The maximum absolute atomic E-state index is 12.4. The van der Waals surface area contributed by atoms with Crippen LogP contribution in [0.25, 0.3) is 5.69 Å². The van der Waals surface area contributed by atoms with Crippen molar-refractivity contribution in [3.63, 3.8) is 0 Å². The number of rotatable bonds is 5. The van der Waals surface area contributed by atoms with Gasteiger partial charge in [-0.15, -0.1) is 0 Å². The van der Waals surface area contributed by atoms with Crippen LogP contribution >= 0.6 is 11.6 Å². The Hall–Kier alpha value is -2.43. The molecule has 1 unspecified atom stereocenters. The molecule has 2 amide bonds. The first-order valence-corrected chi connectivity index (χ1v) is 10.6. The Morgan fingerprint density at radius 3 is 2.57 bits per heavy atom. The molecule has 0 bridgehead atoms. The van der Waals surface area contributed by atoms with Crippen molar-refractivity contribution in [1.82, 2.24) is 15.1 Å². The summed E-state index contributed by atoms with van der Waals surface area (Å²) >= 11 is 5.91. The minimum atomic E-state index is -3.34. The molecule has 0 aliphatic carbocycles. The molecule has 0 saturated heterocycles. The van der Waals surface area contributed by atoms with Crippen LogP contribution in [-0.4, -0.2) is 49.8 Å². The Morgan fingerprint density at radius 1 is 1.25 bits per heavy atom. The third kappa shape index (κ3) is 4.34. The third-order valence-corrected chi connectivity index (χ3v) is 5.78. The van der Waals surface area contributed by atoms with Gasteiger partial charge in [-0.25, -0.2) is 13.1 Å². The molecule has 0 saturated carbocycles. The number of carbonyl (C=O) groups excluding carboxylic acids is 2. The van der Waals surface area contributed by atoms with E-state index in [1.807, 2.05) is 0 Å². The van der Waals surface area contributed by atoms with E-state index in [2.05, 4.69) is 15.7 Å². The van der Waals surface area contributed by atoms with Crippen LogP contribution in [0, 0.1) is 0 Å². The lowest BCUT2D eigenvalue weighted by atomic mass is 10.2. The molecule has 2 heterocycles. The average Bonchev–Trinajstić information content (AvgIpc) is 3.08. The van der Waals surface area contributed by atoms with Gasteiger partial charge in [0.05, 0.1) is 29.5 Å². The van der Waals surface area contributed by atoms with Gasteiger partial charge in [-0.1, -0.05) is 11.6 Å². The van der Waals surface area contributed by atoms with Gasteiger partial charge < -0.3 is 15.4 Å². The number of aromatic nitrogens is 2. The molecule has 1 atom stereocenters. The minimum Gasteiger partial charge on any atom is -0.383 e. The lowest BCUT2D eigenvalue weighted by Gasteiger charge is -2.14. The molecular formula is C17H19ClN4O5S. The summed E-state index contributed by atoms with van der Waals surface area (Å²) < 4.78 is 30.2. The number of hydrogen-bond acceptors (Lipinski definition) is 6. The Kier molecular flexibility index (Phi) is 5.73. The van der Waals surface area contributed by atoms with Gasteiger partial charge in [0.2, 0.25) is 0 Å². The molecule has 1 aliphatic heterocycles. The SMILES string of the molecule is COCC(C)NC(=O)C(=O)Nc1c2c(nn1-c1ccc(Cl)cc1)CS(=O)(=O)C2. The fourth-order valence-corrected chi connectivity index (χ4v) is 4.51. The van der Waals surface area contributed by atoms with Crippen LogP contribution in [0.5, 0.6) is 0 Å². The van der Waals surface area contributed by atoms with E-state index in [1.165, 1.54) is 11.8 Å². The molecule has 1 aromatic heterocycles. The minimum absolute atomic E-state index is 0.151. The van der Waals surface area contributed by atoms with Gasteiger partial charge in [-0.05, 0) is 31.2 Å². The third-order valence-electron chi connectivity index (χ3n) is 4.09. The van der Waals surface area contributed by atoms with E-state index in [0.29, 0.717) is 22.0 Å². The van der Waals surface area contributed by atoms with Crippen molar-refractivity contribution < 1.29 is 22.7 Å². The van der Waals surface area contributed by atoms with E-state index >= 15 is 0 Å². The molecule has 0 fully saturated rings. The fraction of sp³-hybridized carbons (Fsp3) is 0.353. The van der Waals surface area contributed by atoms with Crippen LogP contribution in [0.2, 0.25) is 5.02 Å². The number of ether oxygens (including phenoxy) is 1. The van der Waals surface area contributed by atoms with Gasteiger partial charge in [0.1, 0.15) is 5.82 Å². The van der Waals surface area contributed by atoms with Gasteiger partial charge in [0, 0.05) is 23.7 Å². The highest BCUT2D eigenvalue weighted by Gasteiger charge is 2.34. The maximum atomic E-state index is 12.4. The summed E-state index contributed by atoms with van der Waals surface area (Å²) in [6.07, 6.45) is 0. The summed E-state index contributed by atoms with van der Waals surface area (Å²) in [4.78, 5) is 24.5. The first kappa shape index (κ1) is 20.3. The molecule has 2 aromatic rings. The second kappa shape index (κ2) is 7.90. The van der Waals surface area contributed by atoms with Gasteiger partial charge in [-0.3, -0.25) is 9.59 Å². The number of halogens is 1. The van der Waals surface area contributed by atoms with E-state index in [9.17, 15) is 18.0 Å². The van der Waals surface area contributed by atoms with Crippen molar-refractivity contribution in [1.29, 1.82) is 0 Å². The van der Waals surface area contributed by atoms with Crippen LogP contribution in [0.1, 0.15) is 18.2 Å². The normalized spacial score (nSPS) is 15.7. The summed E-state index contributed by atoms with van der Waals surface area (Å²) in [5, 5.41) is 9.84. The molecule has 9 nitrogen and oxygen atoms in total. The number of nitrogens with zero attached hydrogens (tertiary/aromatic N) is 2. The number of hydrogen-bond donors (Lipinski definition) is 2. The highest BCUT2D eigenvalue weighted by molar-refractivity contribution is 7.90. The lowest BCUT2D eigenvalue weighted by Crippen LogP contribution is -2.42. The van der Waals surface area contributed by atoms with Crippen molar-refractivity contribution in [2.75, 3.05) is 19.0 Å². The van der Waals surface area contributed by atoms with Crippen LogP contribution < -0.4 is 10.6 Å². The molecule has 11 heteroatoms. The summed E-state index contributed by atoms with van der Waals surface area (Å²) in [6, 6.07) is 6.27. The fourth-order valence-electron chi connectivity index (χ4n) is 2.89. The molecule has 1 aromatic carbocycles. The number of amides is 2. The molecule has 28 heavy (non-hydrogen) atoms. The highest BCUT2D eigenvalue weighted by atomic mass is 35.5. The zero-order chi connectivity index (χ0) is 20.5. The number of methoxy groups -OCH3 is 1. The van der Waals surface area contributed by atoms with E-state index in [1.54, 1.807) is 31.2 Å². The second-order valence-electron chi connectivity index (χ2n) is 6.48. The highest BCUT2D eigenvalue weighted by Crippen LogP contribution is 2.33. The van der Waals surface area contributed by atoms with Crippen molar-refractivity contribution in [3.8, 4) is 5.69 Å². The summed E-state index contributed by atoms with van der Waals surface area (Å²) in [5.74, 6) is -2.11. The van der Waals surface area contributed by atoms with Crippen LogP contribution in [-0.2, 0) is 35.7 Å². The smallest absolute Gasteiger partial charge is 0.314 e. The van der Waals surface area contributed by atoms with E-state index < -0.39 is 21.7 Å². The van der Waals surface area contributed by atoms with Crippen molar-refractivity contribution in [2.24, 2.45) is 0 Å². The first-order valence-electron chi connectivity index (χ1n) is 8.38. The summed E-state index contributed by atoms with van der Waals surface area (Å²) in [6.45, 7) is 1.94. The predicted octanol–water partition coefficient (Wildman–Crippen LogP) is 1.04. The number of nitrogens with one attached hydrogen (secondary N) is 2. The molecule has 1 aliphatic rings. The van der Waals surface area contributed by atoms with Crippen molar-refractivity contribution in [2.45, 2.75) is 24.5 Å². The molecular weight excluding hydrogens is 408 g/mol. The van der Waals surface area contributed by atoms with Gasteiger partial charge >= 0.3 is 11.8 Å². The van der Waals surface area contributed by atoms with Crippen LogP contribution in [0.4, 0.5) is 5.82 Å². The molecule has 3 rings (SSSR count). The topological polar surface area (TPSA) is 119 Å². The molecule has 2 N–H and O–H groups in total. The summed E-state index contributed by atoms with van der Waals surface area (Å²) in [7, 11) is -1.85. The Labute approximate surface area is 166 Å². The standard InChI is InChI=1S/C17H19ClN4O5S/c1-10(7-27-2)19-16(23)17(24)20-15-13-8-28(25,26)9-14(13)21-22(15)12-5-3-11(18)4-6-12/h3-6,10H,7-9H2,1-2H3,(H,19,23)(H,20,24). The van der Waals surface area contributed by atoms with Crippen molar-refractivity contribution in [3.05, 3.63) is 40.5 Å². The van der Waals surface area contributed by atoms with Crippen molar-refractivity contribution >= 4 is 39.1 Å². The monoisotopic (exact) mass is 426 g/mol. The molecule has 0 radical (unpaired) electrons. The lowest BCUT2D eigenvalue weighted by molar-refractivity contribution is -0.136. The zero-order valence-corrected chi connectivity index (χ0v) is 16.8. The number of anilines is 1. The van der Waals surface area contributed by atoms with Gasteiger partial charge in [0.25, 0.3) is 0 Å². The van der Waals surface area contributed by atoms with E-state index in [-0.39, 0.29) is 30.0 Å².